The molecular formula is C32H43N3O11S. The quantitative estimate of drug-likeness (QED) is 0.0878. The van der Waals surface area contributed by atoms with Gasteiger partial charge in [0.05, 0.1) is 32.0 Å². The van der Waals surface area contributed by atoms with E-state index in [1.54, 1.807) is 31.3 Å². The predicted molar refractivity (Wildman–Crippen MR) is 172 cm³/mol. The van der Waals surface area contributed by atoms with Crippen molar-refractivity contribution in [2.75, 3.05) is 38.8 Å². The number of benzene rings is 2. The van der Waals surface area contributed by atoms with Gasteiger partial charge in [0, 0.05) is 31.2 Å². The average molecular weight is 678 g/mol. The number of aliphatic carboxylic acids is 1. The highest BCUT2D eigenvalue weighted by Crippen LogP contribution is 2.34. The molecule has 7 N–H and O–H groups in total. The smallest absolute Gasteiger partial charge is 0.366 e. The van der Waals surface area contributed by atoms with E-state index in [4.69, 9.17) is 19.3 Å². The Morgan fingerprint density at radius 2 is 1.72 bits per heavy atom. The molecule has 1 heterocycles. The molecule has 0 radical (unpaired) electrons. The predicted octanol–water partition coefficient (Wildman–Crippen LogP) is 0.142. The van der Waals surface area contributed by atoms with Gasteiger partial charge in [0.15, 0.2) is 0 Å². The molecule has 4 unspecified atom stereocenters. The first-order valence-electron chi connectivity index (χ1n) is 15.1. The van der Waals surface area contributed by atoms with Crippen molar-refractivity contribution in [1.29, 1.82) is 0 Å². The summed E-state index contributed by atoms with van der Waals surface area (Å²) in [5, 5.41) is 50.0. The second-order valence-electron chi connectivity index (χ2n) is 11.0. The summed E-state index contributed by atoms with van der Waals surface area (Å²) in [6.45, 7) is 0.688. The van der Waals surface area contributed by atoms with Crippen LogP contribution in [0.2, 0.25) is 0 Å². The van der Waals surface area contributed by atoms with Crippen molar-refractivity contribution in [2.24, 2.45) is 0 Å². The van der Waals surface area contributed by atoms with Gasteiger partial charge in [0.1, 0.15) is 18.2 Å². The van der Waals surface area contributed by atoms with Crippen LogP contribution in [0.4, 0.5) is 0 Å². The number of esters is 1. The summed E-state index contributed by atoms with van der Waals surface area (Å²) in [4.78, 5) is 48.9. The van der Waals surface area contributed by atoms with Gasteiger partial charge in [-0.15, -0.1) is 0 Å². The Hall–Kier alpha value is -3.57. The summed E-state index contributed by atoms with van der Waals surface area (Å²) in [7, 11) is 2.63. The van der Waals surface area contributed by atoms with Crippen LogP contribution in [0.15, 0.2) is 54.6 Å². The summed E-state index contributed by atoms with van der Waals surface area (Å²) in [6, 6.07) is 14.4. The van der Waals surface area contributed by atoms with E-state index >= 15 is 0 Å². The molecule has 0 saturated carbocycles. The van der Waals surface area contributed by atoms with Crippen molar-refractivity contribution >= 4 is 35.5 Å². The molecule has 258 valence electrons. The third kappa shape index (κ3) is 10.5. The van der Waals surface area contributed by atoms with Gasteiger partial charge < -0.3 is 50.6 Å². The molecular weight excluding hydrogens is 634 g/mol. The van der Waals surface area contributed by atoms with Crippen LogP contribution in [0.3, 0.4) is 0 Å². The summed E-state index contributed by atoms with van der Waals surface area (Å²) < 4.78 is 16.6. The van der Waals surface area contributed by atoms with Crippen molar-refractivity contribution in [3.63, 3.8) is 0 Å². The molecule has 1 fully saturated rings. The first-order chi connectivity index (χ1) is 22.4. The van der Waals surface area contributed by atoms with Crippen molar-refractivity contribution in [2.45, 2.75) is 62.1 Å². The van der Waals surface area contributed by atoms with Crippen LogP contribution < -0.4 is 16.0 Å². The minimum absolute atomic E-state index is 0.0681. The van der Waals surface area contributed by atoms with E-state index in [0.29, 0.717) is 23.5 Å². The van der Waals surface area contributed by atoms with Crippen molar-refractivity contribution < 1.29 is 53.8 Å². The lowest BCUT2D eigenvalue weighted by molar-refractivity contribution is -0.311. The molecule has 15 heteroatoms. The molecule has 2 aromatic rings. The highest BCUT2D eigenvalue weighted by atomic mass is 32.2. The van der Waals surface area contributed by atoms with Gasteiger partial charge >= 0.3 is 11.9 Å². The molecule has 1 aliphatic heterocycles. The van der Waals surface area contributed by atoms with E-state index in [9.17, 15) is 34.5 Å². The molecule has 47 heavy (non-hydrogen) atoms. The number of likely N-dealkylation sites (N-methyl/N-ethyl adjacent to an activating group) is 1. The number of thioether (sulfide) groups is 1. The number of amides is 2. The number of aliphatic hydroxyl groups is 3. The van der Waals surface area contributed by atoms with Crippen molar-refractivity contribution in [1.82, 2.24) is 16.0 Å². The van der Waals surface area contributed by atoms with Gasteiger partial charge in [-0.05, 0) is 42.5 Å². The number of carbonyl (C=O) groups excluding carboxylic acids is 3. The highest BCUT2D eigenvalue weighted by Gasteiger charge is 2.56. The highest BCUT2D eigenvalue weighted by molar-refractivity contribution is 7.99. The topological polar surface area (TPSA) is 213 Å². The summed E-state index contributed by atoms with van der Waals surface area (Å²) in [6.07, 6.45) is -6.62. The molecule has 3 rings (SSSR count). The van der Waals surface area contributed by atoms with Crippen molar-refractivity contribution in [3.8, 4) is 11.1 Å². The molecule has 7 atom stereocenters. The van der Waals surface area contributed by atoms with Gasteiger partial charge in [-0.2, -0.15) is 11.8 Å². The number of carboxylic acid groups (broad SMARTS) is 1. The Labute approximate surface area is 277 Å². The van der Waals surface area contributed by atoms with E-state index in [1.165, 1.54) is 18.7 Å². The molecule has 1 aliphatic rings. The number of nitrogens with one attached hydrogen (secondary N) is 3. The lowest BCUT2D eigenvalue weighted by atomic mass is 9.88. The van der Waals surface area contributed by atoms with Crippen LogP contribution >= 0.6 is 11.8 Å². The Bertz CT molecular complexity index is 1330. The summed E-state index contributed by atoms with van der Waals surface area (Å²) in [5.74, 6) is -4.51. The molecule has 1 saturated heterocycles. The maximum absolute atomic E-state index is 13.0. The minimum atomic E-state index is -2.20. The van der Waals surface area contributed by atoms with Gasteiger partial charge in [-0.3, -0.25) is 14.4 Å². The first-order valence-corrected chi connectivity index (χ1v) is 16.2. The van der Waals surface area contributed by atoms with Gasteiger partial charge in [0.25, 0.3) is 11.7 Å². The average Bonchev–Trinajstić information content (AvgIpc) is 3.07. The molecule has 0 aliphatic carbocycles. The second kappa shape index (κ2) is 18.1. The van der Waals surface area contributed by atoms with Crippen molar-refractivity contribution in [3.05, 3.63) is 60.2 Å². The third-order valence-corrected chi connectivity index (χ3v) is 8.74. The fourth-order valence-corrected chi connectivity index (χ4v) is 6.09. The largest absolute Gasteiger partial charge is 0.480 e. The lowest BCUT2D eigenvalue weighted by Crippen LogP contribution is -2.68. The number of ether oxygens (including phenoxy) is 3. The molecule has 2 amide bonds. The number of carbonyl (C=O) groups is 4. The van der Waals surface area contributed by atoms with Gasteiger partial charge in [-0.25, -0.2) is 4.79 Å². The maximum atomic E-state index is 13.0. The van der Waals surface area contributed by atoms with E-state index in [2.05, 4.69) is 16.0 Å². The molecule has 0 spiro atoms. The Balaban J connectivity index is 1.67. The lowest BCUT2D eigenvalue weighted by Gasteiger charge is -2.47. The van der Waals surface area contributed by atoms with Crippen LogP contribution in [0.5, 0.6) is 0 Å². The van der Waals surface area contributed by atoms with E-state index < -0.39 is 79.0 Å². The maximum Gasteiger partial charge on any atom is 0.366 e. The minimum Gasteiger partial charge on any atom is -0.480 e. The standard InChI is InChI=1S/C32H43N3O11S/c1-19(36)35-26-24(37)16-32(31(43)44-3,45-14-7-15-47-18-23(33-2)30(41)42)46-28(26)27(39)25(38)17-34-29(40)22-12-10-21(11-13-22)20-8-5-4-6-9-20/h4-6,8-13,23-28,33,37-39H,7,14-18H2,1-3H3,(H,34,40)(H,35,36)(H,41,42)/t23?,24-,25?,26?,27-,28?,32-/m1/s1. The second-order valence-corrected chi connectivity index (χ2v) is 12.1. The number of hydrogen-bond acceptors (Lipinski definition) is 12. The van der Waals surface area contributed by atoms with Crippen LogP contribution in [0.25, 0.3) is 11.1 Å². The fourth-order valence-electron chi connectivity index (χ4n) is 5.06. The monoisotopic (exact) mass is 677 g/mol. The van der Waals surface area contributed by atoms with Crippen LogP contribution in [0.1, 0.15) is 30.1 Å². The Morgan fingerprint density at radius 3 is 2.32 bits per heavy atom. The molecule has 2 aromatic carbocycles. The van der Waals surface area contributed by atoms with Gasteiger partial charge in [0.2, 0.25) is 5.91 Å². The Morgan fingerprint density at radius 1 is 1.06 bits per heavy atom. The number of methoxy groups -OCH3 is 1. The molecule has 14 nitrogen and oxygen atoms in total. The Kier molecular flexibility index (Phi) is 14.6. The number of carboxylic acids is 1. The third-order valence-electron chi connectivity index (χ3n) is 7.60. The molecule has 0 bridgehead atoms. The number of rotatable bonds is 17. The molecule has 0 aromatic heterocycles. The zero-order chi connectivity index (χ0) is 34.6. The van der Waals surface area contributed by atoms with Crippen LogP contribution in [-0.2, 0) is 28.6 Å². The van der Waals surface area contributed by atoms with Gasteiger partial charge in [-0.1, -0.05) is 42.5 Å². The van der Waals surface area contributed by atoms with E-state index in [-0.39, 0.29) is 6.61 Å². The summed E-state index contributed by atoms with van der Waals surface area (Å²) in [5.41, 5.74) is 2.20. The zero-order valence-electron chi connectivity index (χ0n) is 26.5. The summed E-state index contributed by atoms with van der Waals surface area (Å²) >= 11 is 1.35. The SMILES string of the molecule is CNC(CSCCCO[C@]1(C(=O)OC)C[C@@H](O)C(NC(C)=O)C([C@H](O)C(O)CNC(=O)c2ccc(-c3ccccc3)cc2)O1)C(=O)O. The van der Waals surface area contributed by atoms with E-state index in [0.717, 1.165) is 18.2 Å². The van der Waals surface area contributed by atoms with Crippen LogP contribution in [-0.4, -0.2) is 125 Å². The number of aliphatic hydroxyl groups excluding tert-OH is 3. The van der Waals surface area contributed by atoms with Crippen LogP contribution in [0, 0.1) is 0 Å². The normalized spacial score (nSPS) is 22.8. The van der Waals surface area contributed by atoms with E-state index in [1.807, 2.05) is 30.3 Å². The number of hydrogen-bond donors (Lipinski definition) is 7. The first kappa shape index (κ1) is 37.9. The zero-order valence-corrected chi connectivity index (χ0v) is 27.3. The fraction of sp³-hybridized carbons (Fsp3) is 0.500.